The van der Waals surface area contributed by atoms with E-state index in [-0.39, 0.29) is 11.9 Å². The fourth-order valence-electron chi connectivity index (χ4n) is 3.03. The van der Waals surface area contributed by atoms with Crippen LogP contribution >= 0.6 is 15.9 Å². The number of hydrogen-bond donors (Lipinski definition) is 0. The molecule has 1 heterocycles. The molecule has 0 bridgehead atoms. The van der Waals surface area contributed by atoms with Gasteiger partial charge in [-0.1, -0.05) is 46.3 Å². The molecule has 0 radical (unpaired) electrons. The van der Waals surface area contributed by atoms with Gasteiger partial charge in [-0.2, -0.15) is 0 Å². The second-order valence-corrected chi connectivity index (χ2v) is 6.36. The molecule has 0 N–H and O–H groups in total. The number of carbonyl (C=O) groups is 1. The van der Waals surface area contributed by atoms with E-state index in [2.05, 4.69) is 34.2 Å². The van der Waals surface area contributed by atoms with Crippen LogP contribution in [0.2, 0.25) is 0 Å². The maximum atomic E-state index is 12.6. The first-order valence-corrected chi connectivity index (χ1v) is 7.75. The number of hydrogen-bond acceptors (Lipinski definition) is 3. The Balaban J connectivity index is 2.13. The van der Waals surface area contributed by atoms with Crippen molar-refractivity contribution in [3.05, 3.63) is 58.1 Å². The van der Waals surface area contributed by atoms with Crippen LogP contribution in [0.1, 0.15) is 12.0 Å². The van der Waals surface area contributed by atoms with Gasteiger partial charge in [0, 0.05) is 10.4 Å². The van der Waals surface area contributed by atoms with E-state index in [0.717, 1.165) is 15.6 Å². The quantitative estimate of drug-likeness (QED) is 0.607. The van der Waals surface area contributed by atoms with Crippen LogP contribution in [-0.2, 0) is 19.7 Å². The van der Waals surface area contributed by atoms with Crippen LogP contribution in [0.25, 0.3) is 0 Å². The Morgan fingerprint density at radius 2 is 2.14 bits per heavy atom. The second kappa shape index (κ2) is 5.78. The van der Waals surface area contributed by atoms with Crippen molar-refractivity contribution in [3.8, 4) is 0 Å². The minimum atomic E-state index is -0.760. The van der Waals surface area contributed by atoms with E-state index in [4.69, 9.17) is 9.47 Å². The van der Waals surface area contributed by atoms with Gasteiger partial charge >= 0.3 is 5.97 Å². The van der Waals surface area contributed by atoms with Crippen LogP contribution in [0.4, 0.5) is 0 Å². The molecule has 2 atom stereocenters. The Morgan fingerprint density at radius 3 is 2.86 bits per heavy atom. The lowest BCUT2D eigenvalue weighted by Gasteiger charge is -2.27. The fourth-order valence-corrected chi connectivity index (χ4v) is 3.29. The van der Waals surface area contributed by atoms with Gasteiger partial charge in [0.15, 0.2) is 0 Å². The SMILES string of the molecule is COC(=O)[C@@]1(c2ccc(Br)cc2)C=C2COC[C@@H]2C=CC1. The van der Waals surface area contributed by atoms with E-state index in [9.17, 15) is 4.79 Å². The van der Waals surface area contributed by atoms with E-state index >= 15 is 0 Å². The van der Waals surface area contributed by atoms with Gasteiger partial charge in [0.05, 0.1) is 20.3 Å². The van der Waals surface area contributed by atoms with Gasteiger partial charge in [-0.3, -0.25) is 4.79 Å². The van der Waals surface area contributed by atoms with Crippen LogP contribution in [0, 0.1) is 5.92 Å². The average molecular weight is 349 g/mol. The van der Waals surface area contributed by atoms with E-state index in [1.807, 2.05) is 24.3 Å². The van der Waals surface area contributed by atoms with Crippen molar-refractivity contribution in [2.24, 2.45) is 5.92 Å². The van der Waals surface area contributed by atoms with Crippen molar-refractivity contribution in [2.75, 3.05) is 20.3 Å². The zero-order valence-electron chi connectivity index (χ0n) is 11.8. The Hall–Kier alpha value is -1.39. The molecule has 0 aromatic heterocycles. The molecule has 110 valence electrons. The number of methoxy groups -OCH3 is 1. The molecule has 1 aliphatic heterocycles. The standard InChI is InChI=1S/C17H17BrO3/c1-20-16(19)17(14-4-6-15(18)7-5-14)8-2-3-12-10-21-11-13(12)9-17/h2-7,9,12H,8,10-11H2,1H3/t12-,17+/m0/s1. The topological polar surface area (TPSA) is 35.5 Å². The number of carbonyl (C=O) groups excluding carboxylic acids is 1. The van der Waals surface area contributed by atoms with Gasteiger partial charge < -0.3 is 9.47 Å². The van der Waals surface area contributed by atoms with Gasteiger partial charge in [0.25, 0.3) is 0 Å². The first-order valence-electron chi connectivity index (χ1n) is 6.96. The molecule has 1 aliphatic carbocycles. The molecule has 3 nitrogen and oxygen atoms in total. The van der Waals surface area contributed by atoms with Crippen molar-refractivity contribution in [1.82, 2.24) is 0 Å². The van der Waals surface area contributed by atoms with E-state index in [1.165, 1.54) is 7.11 Å². The lowest BCUT2D eigenvalue weighted by Crippen LogP contribution is -2.35. The molecule has 3 rings (SSSR count). The van der Waals surface area contributed by atoms with Crippen molar-refractivity contribution >= 4 is 21.9 Å². The first kappa shape index (κ1) is 14.5. The van der Waals surface area contributed by atoms with Crippen molar-refractivity contribution in [1.29, 1.82) is 0 Å². The summed E-state index contributed by atoms with van der Waals surface area (Å²) in [7, 11) is 1.44. The largest absolute Gasteiger partial charge is 0.468 e. The number of allylic oxidation sites excluding steroid dienone is 1. The lowest BCUT2D eigenvalue weighted by atomic mass is 9.76. The van der Waals surface area contributed by atoms with Crippen LogP contribution in [-0.4, -0.2) is 26.3 Å². The molecule has 0 unspecified atom stereocenters. The average Bonchev–Trinajstić information content (AvgIpc) is 2.85. The molecule has 1 saturated heterocycles. The summed E-state index contributed by atoms with van der Waals surface area (Å²) in [4.78, 5) is 12.6. The van der Waals surface area contributed by atoms with Crippen LogP contribution < -0.4 is 0 Å². The smallest absolute Gasteiger partial charge is 0.320 e. The lowest BCUT2D eigenvalue weighted by molar-refractivity contribution is -0.145. The summed E-state index contributed by atoms with van der Waals surface area (Å²) in [6.07, 6.45) is 6.88. The Morgan fingerprint density at radius 1 is 1.38 bits per heavy atom. The number of ether oxygens (including phenoxy) is 2. The predicted molar refractivity (Wildman–Crippen MR) is 84.0 cm³/mol. The monoisotopic (exact) mass is 348 g/mol. The molecule has 0 amide bonds. The summed E-state index contributed by atoms with van der Waals surface area (Å²) >= 11 is 3.44. The molecular weight excluding hydrogens is 332 g/mol. The van der Waals surface area contributed by atoms with Crippen molar-refractivity contribution < 1.29 is 14.3 Å². The zero-order valence-corrected chi connectivity index (χ0v) is 13.4. The molecule has 1 aromatic carbocycles. The fraction of sp³-hybridized carbons (Fsp3) is 0.353. The molecule has 21 heavy (non-hydrogen) atoms. The third kappa shape index (κ3) is 2.58. The Kier molecular flexibility index (Phi) is 4.00. The number of benzene rings is 1. The first-order chi connectivity index (χ1) is 10.2. The normalized spacial score (nSPS) is 27.7. The molecule has 1 fully saturated rings. The summed E-state index contributed by atoms with van der Waals surface area (Å²) in [5, 5.41) is 0. The summed E-state index contributed by atoms with van der Waals surface area (Å²) < 4.78 is 11.6. The van der Waals surface area contributed by atoms with Gasteiger partial charge in [0.2, 0.25) is 0 Å². The van der Waals surface area contributed by atoms with Crippen LogP contribution in [0.3, 0.4) is 0 Å². The summed E-state index contributed by atoms with van der Waals surface area (Å²) in [6, 6.07) is 7.86. The van der Waals surface area contributed by atoms with Crippen molar-refractivity contribution in [2.45, 2.75) is 11.8 Å². The molecular formula is C17H17BrO3. The number of halogens is 1. The van der Waals surface area contributed by atoms with Crippen LogP contribution in [0.5, 0.6) is 0 Å². The maximum Gasteiger partial charge on any atom is 0.320 e. The Bertz CT molecular complexity index is 603. The summed E-state index contributed by atoms with van der Waals surface area (Å²) in [6.45, 7) is 1.28. The second-order valence-electron chi connectivity index (χ2n) is 5.44. The summed E-state index contributed by atoms with van der Waals surface area (Å²) in [5.41, 5.74) is 1.35. The number of esters is 1. The molecule has 2 aliphatic rings. The van der Waals surface area contributed by atoms with E-state index < -0.39 is 5.41 Å². The molecule has 4 heteroatoms. The van der Waals surface area contributed by atoms with E-state index in [0.29, 0.717) is 19.6 Å². The van der Waals surface area contributed by atoms with Gasteiger partial charge in [-0.25, -0.2) is 0 Å². The molecule has 1 aromatic rings. The zero-order chi connectivity index (χ0) is 14.9. The van der Waals surface area contributed by atoms with Gasteiger partial charge in [-0.15, -0.1) is 0 Å². The summed E-state index contributed by atoms with van der Waals surface area (Å²) in [5.74, 6) is 0.0569. The third-order valence-electron chi connectivity index (χ3n) is 4.19. The van der Waals surface area contributed by atoms with Crippen molar-refractivity contribution in [3.63, 3.8) is 0 Å². The van der Waals surface area contributed by atoms with Gasteiger partial charge in [-0.05, 0) is 29.7 Å². The van der Waals surface area contributed by atoms with E-state index in [1.54, 1.807) is 0 Å². The highest BCUT2D eigenvalue weighted by Gasteiger charge is 2.41. The minimum Gasteiger partial charge on any atom is -0.468 e. The minimum absolute atomic E-state index is 0.227. The Labute approximate surface area is 132 Å². The molecule has 0 spiro atoms. The predicted octanol–water partition coefficient (Wildman–Crippen LogP) is 3.39. The number of fused-ring (bicyclic) bond motifs is 1. The highest BCUT2D eigenvalue weighted by Crippen LogP contribution is 2.38. The third-order valence-corrected chi connectivity index (χ3v) is 4.72. The van der Waals surface area contributed by atoms with Gasteiger partial charge in [0.1, 0.15) is 5.41 Å². The highest BCUT2D eigenvalue weighted by atomic mass is 79.9. The number of rotatable bonds is 2. The maximum absolute atomic E-state index is 12.6. The molecule has 0 saturated carbocycles. The van der Waals surface area contributed by atoms with Crippen LogP contribution in [0.15, 0.2) is 52.5 Å². The highest BCUT2D eigenvalue weighted by molar-refractivity contribution is 9.10.